The van der Waals surface area contributed by atoms with Gasteiger partial charge in [-0.25, -0.2) is 9.59 Å². The minimum absolute atomic E-state index is 0.0416. The van der Waals surface area contributed by atoms with Gasteiger partial charge in [0.1, 0.15) is 0 Å². The molecule has 0 aromatic heterocycles. The smallest absolute Gasteiger partial charge is 0.339 e. The molecule has 1 aliphatic heterocycles. The zero-order valence-electron chi connectivity index (χ0n) is 16.9. The lowest BCUT2D eigenvalue weighted by Gasteiger charge is -2.20. The van der Waals surface area contributed by atoms with Gasteiger partial charge in [0.15, 0.2) is 6.61 Å². The molecule has 0 radical (unpaired) electrons. The molecule has 0 saturated carbocycles. The molecule has 2 rings (SSSR count). The number of imide groups is 1. The fraction of sp³-hybridized carbons (Fsp3) is 0.500. The van der Waals surface area contributed by atoms with Crippen molar-refractivity contribution in [1.29, 1.82) is 0 Å². The summed E-state index contributed by atoms with van der Waals surface area (Å²) in [5.41, 5.74) is -0.220. The van der Waals surface area contributed by atoms with Crippen molar-refractivity contribution in [2.75, 3.05) is 25.4 Å². The van der Waals surface area contributed by atoms with Crippen molar-refractivity contribution in [3.05, 3.63) is 29.8 Å². The Labute approximate surface area is 174 Å². The number of hydrogen-bond donors (Lipinski definition) is 2. The van der Waals surface area contributed by atoms with Gasteiger partial charge in [-0.2, -0.15) is 0 Å². The molecule has 1 fully saturated rings. The molecule has 8 nitrogen and oxygen atoms in total. The van der Waals surface area contributed by atoms with Crippen LogP contribution >= 0.6 is 11.8 Å². The molecule has 0 unspecified atom stereocenters. The Morgan fingerprint density at radius 2 is 1.76 bits per heavy atom. The van der Waals surface area contributed by atoms with Crippen LogP contribution in [0.1, 0.15) is 44.0 Å². The summed E-state index contributed by atoms with van der Waals surface area (Å²) < 4.78 is 5.03. The quantitative estimate of drug-likeness (QED) is 0.539. The Balaban J connectivity index is 1.86. The van der Waals surface area contributed by atoms with Crippen LogP contribution in [-0.2, 0) is 14.3 Å². The van der Waals surface area contributed by atoms with Crippen LogP contribution < -0.4 is 10.6 Å². The molecule has 0 spiro atoms. The van der Waals surface area contributed by atoms with Gasteiger partial charge in [-0.05, 0) is 45.7 Å². The van der Waals surface area contributed by atoms with E-state index in [1.165, 1.54) is 11.8 Å². The molecule has 0 aliphatic carbocycles. The van der Waals surface area contributed by atoms with Crippen LogP contribution in [0.15, 0.2) is 29.2 Å². The lowest BCUT2D eigenvalue weighted by atomic mass is 10.1. The van der Waals surface area contributed by atoms with E-state index in [2.05, 4.69) is 10.6 Å². The minimum Gasteiger partial charge on any atom is -0.452 e. The van der Waals surface area contributed by atoms with Crippen molar-refractivity contribution < 1.29 is 23.9 Å². The number of esters is 1. The third kappa shape index (κ3) is 7.77. The Bertz CT molecular complexity index is 770. The van der Waals surface area contributed by atoms with Crippen molar-refractivity contribution in [1.82, 2.24) is 15.5 Å². The zero-order chi connectivity index (χ0) is 21.4. The fourth-order valence-electron chi connectivity index (χ4n) is 2.70. The Morgan fingerprint density at radius 3 is 2.41 bits per heavy atom. The van der Waals surface area contributed by atoms with Gasteiger partial charge >= 0.3 is 12.0 Å². The molecule has 0 bridgehead atoms. The van der Waals surface area contributed by atoms with Crippen molar-refractivity contribution in [3.63, 3.8) is 0 Å². The highest BCUT2D eigenvalue weighted by molar-refractivity contribution is 8.00. The highest BCUT2D eigenvalue weighted by atomic mass is 32.2. The number of benzene rings is 1. The van der Waals surface area contributed by atoms with E-state index in [9.17, 15) is 19.2 Å². The Hall–Kier alpha value is -2.55. The van der Waals surface area contributed by atoms with Crippen molar-refractivity contribution >= 4 is 35.6 Å². The second kappa shape index (κ2) is 10.3. The number of carbonyl (C=O) groups excluding carboxylic acids is 4. The number of amides is 4. The molecular formula is C20H27N3O5S. The molecule has 158 valence electrons. The van der Waals surface area contributed by atoms with Gasteiger partial charge in [-0.15, -0.1) is 11.8 Å². The average molecular weight is 422 g/mol. The molecule has 0 atom stereocenters. The maximum Gasteiger partial charge on any atom is 0.339 e. The monoisotopic (exact) mass is 421 g/mol. The summed E-state index contributed by atoms with van der Waals surface area (Å²) in [7, 11) is 0. The van der Waals surface area contributed by atoms with E-state index in [0.29, 0.717) is 4.90 Å². The van der Waals surface area contributed by atoms with Gasteiger partial charge in [-0.3, -0.25) is 14.9 Å². The summed E-state index contributed by atoms with van der Waals surface area (Å²) in [6, 6.07) is 6.10. The number of ether oxygens (including phenoxy) is 1. The van der Waals surface area contributed by atoms with Crippen molar-refractivity contribution in [2.45, 2.75) is 44.0 Å². The van der Waals surface area contributed by atoms with E-state index in [1.807, 2.05) is 4.90 Å². The fourth-order valence-corrected chi connectivity index (χ4v) is 3.65. The number of nitrogens with one attached hydrogen (secondary N) is 2. The summed E-state index contributed by atoms with van der Waals surface area (Å²) >= 11 is 1.26. The summed E-state index contributed by atoms with van der Waals surface area (Å²) in [5.74, 6) is -1.14. The molecule has 1 heterocycles. The van der Waals surface area contributed by atoms with Gasteiger partial charge < -0.3 is 15.0 Å². The lowest BCUT2D eigenvalue weighted by molar-refractivity contribution is -0.127. The van der Waals surface area contributed by atoms with Crippen LogP contribution in [-0.4, -0.2) is 59.7 Å². The maximum absolute atomic E-state index is 12.4. The van der Waals surface area contributed by atoms with Crippen LogP contribution in [0.3, 0.4) is 0 Å². The molecule has 9 heteroatoms. The third-order valence-electron chi connectivity index (χ3n) is 3.99. The average Bonchev–Trinajstić information content (AvgIpc) is 3.17. The van der Waals surface area contributed by atoms with Gasteiger partial charge in [0.25, 0.3) is 5.91 Å². The highest BCUT2D eigenvalue weighted by Gasteiger charge is 2.21. The van der Waals surface area contributed by atoms with Crippen LogP contribution in [0.2, 0.25) is 0 Å². The lowest BCUT2D eigenvalue weighted by Crippen LogP contribution is -2.49. The zero-order valence-corrected chi connectivity index (χ0v) is 17.8. The molecule has 1 aliphatic rings. The first-order chi connectivity index (χ1) is 13.7. The molecule has 29 heavy (non-hydrogen) atoms. The first-order valence-corrected chi connectivity index (χ1v) is 10.4. The van der Waals surface area contributed by atoms with E-state index in [0.717, 1.165) is 25.9 Å². The third-order valence-corrected chi connectivity index (χ3v) is 5.05. The van der Waals surface area contributed by atoms with Gasteiger partial charge in [0.2, 0.25) is 5.91 Å². The van der Waals surface area contributed by atoms with E-state index in [1.54, 1.807) is 45.0 Å². The first kappa shape index (κ1) is 22.7. The molecule has 1 aromatic carbocycles. The topological polar surface area (TPSA) is 105 Å². The summed E-state index contributed by atoms with van der Waals surface area (Å²) in [6.45, 7) is 6.31. The van der Waals surface area contributed by atoms with E-state index >= 15 is 0 Å². The summed E-state index contributed by atoms with van der Waals surface area (Å²) in [5, 5.41) is 4.69. The Morgan fingerprint density at radius 1 is 1.10 bits per heavy atom. The number of carbonyl (C=O) groups is 4. The predicted octanol–water partition coefficient (Wildman–Crippen LogP) is 2.18. The molecule has 1 saturated heterocycles. The second-order valence-electron chi connectivity index (χ2n) is 7.70. The van der Waals surface area contributed by atoms with Crippen LogP contribution in [0.25, 0.3) is 0 Å². The van der Waals surface area contributed by atoms with Crippen LogP contribution in [0, 0.1) is 0 Å². The number of likely N-dealkylation sites (tertiary alicyclic amines) is 1. The van der Waals surface area contributed by atoms with Gasteiger partial charge in [-0.1, -0.05) is 12.1 Å². The van der Waals surface area contributed by atoms with Crippen molar-refractivity contribution in [3.8, 4) is 0 Å². The molecular weight excluding hydrogens is 394 g/mol. The largest absolute Gasteiger partial charge is 0.452 e. The normalized spacial score (nSPS) is 13.7. The standard InChI is InChI=1S/C20H27N3O5S/c1-20(2,3)22-19(27)21-16(24)12-28-18(26)14-8-4-5-9-15(14)29-13-17(25)23-10-6-7-11-23/h4-5,8-9H,6-7,10-13H2,1-3H3,(H2,21,22,24,27). The second-order valence-corrected chi connectivity index (χ2v) is 8.72. The predicted molar refractivity (Wildman–Crippen MR) is 110 cm³/mol. The van der Waals surface area contributed by atoms with Gasteiger partial charge in [0, 0.05) is 23.5 Å². The van der Waals surface area contributed by atoms with E-state index < -0.39 is 30.1 Å². The minimum atomic E-state index is -0.727. The van der Waals surface area contributed by atoms with E-state index in [-0.39, 0.29) is 17.2 Å². The number of nitrogens with zero attached hydrogens (tertiary/aromatic N) is 1. The van der Waals surface area contributed by atoms with Gasteiger partial charge in [0.05, 0.1) is 11.3 Å². The SMILES string of the molecule is CC(C)(C)NC(=O)NC(=O)COC(=O)c1ccccc1SCC(=O)N1CCCC1. The molecule has 4 amide bonds. The summed E-state index contributed by atoms with van der Waals surface area (Å²) in [6.07, 6.45) is 2.05. The number of rotatable bonds is 6. The maximum atomic E-state index is 12.4. The Kier molecular flexibility index (Phi) is 8.07. The molecule has 1 aromatic rings. The number of urea groups is 1. The van der Waals surface area contributed by atoms with Crippen LogP contribution in [0.5, 0.6) is 0 Å². The number of thioether (sulfide) groups is 1. The van der Waals surface area contributed by atoms with Crippen LogP contribution in [0.4, 0.5) is 4.79 Å². The first-order valence-electron chi connectivity index (χ1n) is 9.44. The summed E-state index contributed by atoms with van der Waals surface area (Å²) in [4.78, 5) is 50.5. The highest BCUT2D eigenvalue weighted by Crippen LogP contribution is 2.24. The number of hydrogen-bond acceptors (Lipinski definition) is 6. The molecule has 2 N–H and O–H groups in total. The van der Waals surface area contributed by atoms with Crippen molar-refractivity contribution in [2.24, 2.45) is 0 Å². The van der Waals surface area contributed by atoms with E-state index in [4.69, 9.17) is 4.74 Å².